The summed E-state index contributed by atoms with van der Waals surface area (Å²) in [7, 11) is 0. The van der Waals surface area contributed by atoms with Crippen molar-refractivity contribution in [3.05, 3.63) is 35.4 Å². The van der Waals surface area contributed by atoms with Gasteiger partial charge in [-0.15, -0.1) is 0 Å². The van der Waals surface area contributed by atoms with Gasteiger partial charge in [-0.25, -0.2) is 15.0 Å². The summed E-state index contributed by atoms with van der Waals surface area (Å²) < 4.78 is 5.46. The summed E-state index contributed by atoms with van der Waals surface area (Å²) in [6, 6.07) is 6.45. The number of aromatic nitrogens is 3. The Balaban J connectivity index is 1.27. The monoisotopic (exact) mass is 414 g/mol. The smallest absolute Gasteiger partial charge is 0.135 e. The lowest BCUT2D eigenvalue weighted by Gasteiger charge is -2.34. The van der Waals surface area contributed by atoms with Crippen LogP contribution in [0, 0.1) is 0 Å². The first-order valence-corrected chi connectivity index (χ1v) is 11.0. The van der Waals surface area contributed by atoms with Crippen molar-refractivity contribution in [3.8, 4) is 0 Å². The molecule has 8 heteroatoms. The normalized spacial score (nSPS) is 22.6. The second-order valence-electron chi connectivity index (χ2n) is 8.11. The molecule has 154 valence electrons. The number of hydrogen-bond acceptors (Lipinski definition) is 7. The van der Waals surface area contributed by atoms with Crippen LogP contribution in [-0.4, -0.2) is 60.4 Å². The zero-order valence-corrected chi connectivity index (χ0v) is 17.3. The predicted molar refractivity (Wildman–Crippen MR) is 115 cm³/mol. The Morgan fingerprint density at radius 2 is 1.90 bits per heavy atom. The van der Waals surface area contributed by atoms with Gasteiger partial charge in [0.1, 0.15) is 22.6 Å². The summed E-state index contributed by atoms with van der Waals surface area (Å²) in [4.78, 5) is 18.5. The first kappa shape index (κ1) is 18.9. The molecule has 29 heavy (non-hydrogen) atoms. The quantitative estimate of drug-likeness (QED) is 0.752. The third-order valence-corrected chi connectivity index (χ3v) is 6.05. The van der Waals surface area contributed by atoms with Crippen molar-refractivity contribution in [2.24, 2.45) is 0 Å². The van der Waals surface area contributed by atoms with Gasteiger partial charge in [0.2, 0.25) is 0 Å². The number of anilines is 3. The Bertz CT molecular complexity index is 855. The van der Waals surface area contributed by atoms with E-state index in [1.807, 2.05) is 12.3 Å². The van der Waals surface area contributed by atoms with Gasteiger partial charge >= 0.3 is 0 Å². The third kappa shape index (κ3) is 4.56. The fourth-order valence-electron chi connectivity index (χ4n) is 4.14. The molecular weight excluding hydrogens is 388 g/mol. The number of piperidine rings is 1. The van der Waals surface area contributed by atoms with E-state index < -0.39 is 0 Å². The molecule has 0 radical (unpaired) electrons. The third-order valence-electron chi connectivity index (χ3n) is 5.86. The molecule has 1 N–H and O–H groups in total. The molecule has 2 aromatic rings. The van der Waals surface area contributed by atoms with E-state index >= 15 is 0 Å². The van der Waals surface area contributed by atoms with E-state index in [1.54, 1.807) is 0 Å². The van der Waals surface area contributed by atoms with Gasteiger partial charge in [-0.1, -0.05) is 11.6 Å². The molecule has 0 bridgehead atoms. The van der Waals surface area contributed by atoms with Crippen molar-refractivity contribution in [3.63, 3.8) is 0 Å². The Morgan fingerprint density at radius 1 is 1.03 bits per heavy atom. The van der Waals surface area contributed by atoms with Crippen LogP contribution in [0.4, 0.5) is 17.3 Å². The summed E-state index contributed by atoms with van der Waals surface area (Å²) in [5, 5.41) is 4.19. The largest absolute Gasteiger partial charge is 0.378 e. The standard InChI is InChI=1S/C21H27ClN6O/c22-18-13-20(26-21(25-18)15-3-4-15)28-7-1-2-16(14-28)24-19-12-17(5-6-23-19)27-8-10-29-11-9-27/h5-6,12-13,15-16H,1-4,7-11,14H2,(H,23,24)/t16-/m1/s1. The van der Waals surface area contributed by atoms with E-state index in [0.29, 0.717) is 17.1 Å². The van der Waals surface area contributed by atoms with Crippen LogP contribution >= 0.6 is 11.6 Å². The van der Waals surface area contributed by atoms with Gasteiger partial charge in [0.15, 0.2) is 0 Å². The molecule has 1 aliphatic carbocycles. The van der Waals surface area contributed by atoms with Crippen molar-refractivity contribution in [2.45, 2.75) is 37.6 Å². The van der Waals surface area contributed by atoms with Gasteiger partial charge in [0, 0.05) is 62.2 Å². The van der Waals surface area contributed by atoms with E-state index in [1.165, 1.54) is 18.5 Å². The molecule has 5 rings (SSSR count). The topological polar surface area (TPSA) is 66.4 Å². The molecular formula is C21H27ClN6O. The lowest BCUT2D eigenvalue weighted by atomic mass is 10.1. The molecule has 2 aromatic heterocycles. The average molecular weight is 415 g/mol. The van der Waals surface area contributed by atoms with E-state index in [2.05, 4.69) is 37.2 Å². The molecule has 2 saturated heterocycles. The van der Waals surface area contributed by atoms with Crippen LogP contribution in [0.5, 0.6) is 0 Å². The number of rotatable bonds is 5. The molecule has 3 fully saturated rings. The molecule has 1 saturated carbocycles. The summed E-state index contributed by atoms with van der Waals surface area (Å²) in [5.74, 6) is 3.29. The summed E-state index contributed by atoms with van der Waals surface area (Å²) >= 11 is 6.28. The molecule has 0 aromatic carbocycles. The first-order valence-electron chi connectivity index (χ1n) is 10.6. The van der Waals surface area contributed by atoms with Crippen molar-refractivity contribution in [2.75, 3.05) is 54.5 Å². The minimum atomic E-state index is 0.328. The molecule has 2 aliphatic heterocycles. The zero-order valence-electron chi connectivity index (χ0n) is 16.6. The number of pyridine rings is 1. The number of nitrogens with zero attached hydrogens (tertiary/aromatic N) is 5. The van der Waals surface area contributed by atoms with Crippen LogP contribution in [-0.2, 0) is 4.74 Å². The lowest BCUT2D eigenvalue weighted by molar-refractivity contribution is 0.122. The molecule has 0 unspecified atom stereocenters. The highest BCUT2D eigenvalue weighted by molar-refractivity contribution is 6.29. The molecule has 7 nitrogen and oxygen atoms in total. The van der Waals surface area contributed by atoms with E-state index in [4.69, 9.17) is 21.3 Å². The van der Waals surface area contributed by atoms with Crippen LogP contribution in [0.3, 0.4) is 0 Å². The number of halogens is 1. The van der Waals surface area contributed by atoms with Crippen molar-refractivity contribution in [1.29, 1.82) is 0 Å². The molecule has 3 aliphatic rings. The van der Waals surface area contributed by atoms with Crippen LogP contribution in [0.25, 0.3) is 0 Å². The maximum absolute atomic E-state index is 6.28. The van der Waals surface area contributed by atoms with Crippen molar-refractivity contribution >= 4 is 28.9 Å². The van der Waals surface area contributed by atoms with E-state index in [-0.39, 0.29) is 0 Å². The SMILES string of the molecule is Clc1cc(N2CCC[C@@H](Nc3cc(N4CCOCC4)ccn3)C2)nc(C2CC2)n1. The van der Waals surface area contributed by atoms with Gasteiger partial charge < -0.3 is 19.9 Å². The second-order valence-corrected chi connectivity index (χ2v) is 8.50. The summed E-state index contributed by atoms with van der Waals surface area (Å²) in [6.07, 6.45) is 6.47. The predicted octanol–water partition coefficient (Wildman–Crippen LogP) is 3.32. The van der Waals surface area contributed by atoms with E-state index in [9.17, 15) is 0 Å². The van der Waals surface area contributed by atoms with Gasteiger partial charge in [0.25, 0.3) is 0 Å². The van der Waals surface area contributed by atoms with Crippen LogP contribution < -0.4 is 15.1 Å². The number of ether oxygens (including phenoxy) is 1. The number of morpholine rings is 1. The van der Waals surface area contributed by atoms with Crippen LogP contribution in [0.15, 0.2) is 24.4 Å². The molecule has 1 atom stereocenters. The lowest BCUT2D eigenvalue weighted by Crippen LogP contribution is -2.42. The molecule has 4 heterocycles. The highest BCUT2D eigenvalue weighted by atomic mass is 35.5. The minimum Gasteiger partial charge on any atom is -0.378 e. The van der Waals surface area contributed by atoms with Crippen molar-refractivity contribution < 1.29 is 4.74 Å². The fourth-order valence-corrected chi connectivity index (χ4v) is 4.32. The zero-order chi connectivity index (χ0) is 19.6. The maximum atomic E-state index is 6.28. The Hall–Kier alpha value is -2.12. The molecule has 0 spiro atoms. The first-order chi connectivity index (χ1) is 14.2. The molecule has 0 amide bonds. The summed E-state index contributed by atoms with van der Waals surface area (Å²) in [5.41, 5.74) is 1.20. The van der Waals surface area contributed by atoms with Crippen molar-refractivity contribution in [1.82, 2.24) is 15.0 Å². The number of nitrogens with one attached hydrogen (secondary N) is 1. The van der Waals surface area contributed by atoms with Crippen LogP contribution in [0.1, 0.15) is 37.4 Å². The Labute approximate surface area is 176 Å². The second kappa shape index (κ2) is 8.32. The summed E-state index contributed by atoms with van der Waals surface area (Å²) in [6.45, 7) is 5.31. The minimum absolute atomic E-state index is 0.328. The van der Waals surface area contributed by atoms with Crippen LogP contribution in [0.2, 0.25) is 5.15 Å². The average Bonchev–Trinajstić information content (AvgIpc) is 3.60. The van der Waals surface area contributed by atoms with Gasteiger partial charge in [-0.3, -0.25) is 0 Å². The Morgan fingerprint density at radius 3 is 2.72 bits per heavy atom. The Kier molecular flexibility index (Phi) is 5.42. The number of hydrogen-bond donors (Lipinski definition) is 1. The van der Waals surface area contributed by atoms with Gasteiger partial charge in [0.05, 0.1) is 13.2 Å². The van der Waals surface area contributed by atoms with E-state index in [0.717, 1.165) is 69.7 Å². The highest BCUT2D eigenvalue weighted by Gasteiger charge is 2.29. The highest BCUT2D eigenvalue weighted by Crippen LogP contribution is 2.39. The maximum Gasteiger partial charge on any atom is 0.135 e. The fraction of sp³-hybridized carbons (Fsp3) is 0.571. The van der Waals surface area contributed by atoms with Gasteiger partial charge in [-0.2, -0.15) is 0 Å². The van der Waals surface area contributed by atoms with Gasteiger partial charge in [-0.05, 0) is 31.7 Å².